The molecule has 0 radical (unpaired) electrons. The van der Waals surface area contributed by atoms with Crippen molar-refractivity contribution in [1.82, 2.24) is 4.90 Å². The van der Waals surface area contributed by atoms with Crippen LogP contribution in [0.1, 0.15) is 31.2 Å². The Balaban J connectivity index is 1.30. The number of phenolic OH excluding ortho intramolecular Hbond substituents is 1. The summed E-state index contributed by atoms with van der Waals surface area (Å²) in [7, 11) is 0. The van der Waals surface area contributed by atoms with E-state index in [4.69, 9.17) is 0 Å². The third-order valence-electron chi connectivity index (χ3n) is 6.10. The zero-order chi connectivity index (χ0) is 20.8. The van der Waals surface area contributed by atoms with Gasteiger partial charge in [-0.3, -0.25) is 4.79 Å². The number of phenols is 1. The molecule has 4 rings (SSSR count). The van der Waals surface area contributed by atoms with Gasteiger partial charge < -0.3 is 19.8 Å². The highest BCUT2D eigenvalue weighted by Crippen LogP contribution is 2.27. The predicted octanol–water partition coefficient (Wildman–Crippen LogP) is 4.13. The van der Waals surface area contributed by atoms with E-state index in [0.29, 0.717) is 18.8 Å². The second kappa shape index (κ2) is 9.70. The van der Waals surface area contributed by atoms with Crippen LogP contribution < -0.4 is 9.80 Å². The van der Waals surface area contributed by atoms with Crippen molar-refractivity contribution in [2.75, 3.05) is 49.1 Å². The number of para-hydroxylation sites is 2. The van der Waals surface area contributed by atoms with Crippen LogP contribution in [0.2, 0.25) is 0 Å². The van der Waals surface area contributed by atoms with Crippen molar-refractivity contribution in [1.29, 1.82) is 0 Å². The Bertz CT molecular complexity index is 862. The van der Waals surface area contributed by atoms with Crippen molar-refractivity contribution in [2.24, 2.45) is 0 Å². The summed E-state index contributed by atoms with van der Waals surface area (Å²) in [6, 6.07) is 15.9. The van der Waals surface area contributed by atoms with Crippen molar-refractivity contribution in [3.8, 4) is 5.75 Å². The first-order valence-electron chi connectivity index (χ1n) is 11.1. The zero-order valence-electron chi connectivity index (χ0n) is 17.5. The van der Waals surface area contributed by atoms with Gasteiger partial charge in [0.15, 0.2) is 0 Å². The number of hydrogen-bond donors (Lipinski definition) is 1. The molecule has 2 heterocycles. The van der Waals surface area contributed by atoms with Gasteiger partial charge >= 0.3 is 0 Å². The molecule has 0 unspecified atom stereocenters. The van der Waals surface area contributed by atoms with Gasteiger partial charge in [0.1, 0.15) is 5.75 Å². The number of carbonyl (C=O) groups excluding carboxylic acids is 1. The number of hydrogen-bond acceptors (Lipinski definition) is 4. The number of aromatic hydroxyl groups is 1. The molecule has 30 heavy (non-hydrogen) atoms. The molecule has 5 nitrogen and oxygen atoms in total. The van der Waals surface area contributed by atoms with Gasteiger partial charge in [0, 0.05) is 51.0 Å². The van der Waals surface area contributed by atoms with Gasteiger partial charge in [0.2, 0.25) is 5.91 Å². The Labute approximate surface area is 179 Å². The molecule has 2 aliphatic rings. The monoisotopic (exact) mass is 405 g/mol. The van der Waals surface area contributed by atoms with Gasteiger partial charge in [0.05, 0.1) is 5.69 Å². The first-order valence-corrected chi connectivity index (χ1v) is 11.1. The SMILES string of the molecule is O=C(/C=C/c1ccc(N2CCCCCC2)cc1)N1CCN(c2ccccc2O)CC1. The Hall–Kier alpha value is -2.95. The van der Waals surface area contributed by atoms with Gasteiger partial charge in [-0.25, -0.2) is 0 Å². The molecule has 5 heteroatoms. The molecule has 2 aliphatic heterocycles. The third-order valence-corrected chi connectivity index (χ3v) is 6.10. The quantitative estimate of drug-likeness (QED) is 0.777. The van der Waals surface area contributed by atoms with E-state index < -0.39 is 0 Å². The van der Waals surface area contributed by atoms with Gasteiger partial charge in [-0.15, -0.1) is 0 Å². The summed E-state index contributed by atoms with van der Waals surface area (Å²) in [5, 5.41) is 10.0. The summed E-state index contributed by atoms with van der Waals surface area (Å²) < 4.78 is 0. The molecule has 2 saturated heterocycles. The summed E-state index contributed by atoms with van der Waals surface area (Å²) in [5.74, 6) is 0.337. The molecule has 1 amide bonds. The van der Waals surface area contributed by atoms with Crippen molar-refractivity contribution >= 4 is 23.4 Å². The zero-order valence-corrected chi connectivity index (χ0v) is 17.5. The fourth-order valence-corrected chi connectivity index (χ4v) is 4.30. The lowest BCUT2D eigenvalue weighted by Gasteiger charge is -2.35. The van der Waals surface area contributed by atoms with Gasteiger partial charge in [-0.1, -0.05) is 37.1 Å². The molecule has 0 spiro atoms. The number of benzene rings is 2. The maximum Gasteiger partial charge on any atom is 0.246 e. The number of rotatable bonds is 4. The fraction of sp³-hybridized carbons (Fsp3) is 0.400. The van der Waals surface area contributed by atoms with E-state index in [1.165, 1.54) is 31.4 Å². The minimum atomic E-state index is 0.0449. The lowest BCUT2D eigenvalue weighted by molar-refractivity contribution is -0.126. The van der Waals surface area contributed by atoms with Gasteiger partial charge in [0.25, 0.3) is 0 Å². The molecule has 0 aliphatic carbocycles. The molecule has 0 atom stereocenters. The Morgan fingerprint density at radius 1 is 0.767 bits per heavy atom. The minimum absolute atomic E-state index is 0.0449. The van der Waals surface area contributed by atoms with E-state index in [9.17, 15) is 9.90 Å². The molecule has 2 fully saturated rings. The second-order valence-electron chi connectivity index (χ2n) is 8.13. The molecule has 2 aromatic carbocycles. The van der Waals surface area contributed by atoms with E-state index in [1.54, 1.807) is 12.1 Å². The maximum atomic E-state index is 12.6. The number of piperazine rings is 1. The van der Waals surface area contributed by atoms with E-state index >= 15 is 0 Å². The van der Waals surface area contributed by atoms with E-state index in [2.05, 4.69) is 34.1 Å². The van der Waals surface area contributed by atoms with Crippen LogP contribution >= 0.6 is 0 Å². The lowest BCUT2D eigenvalue weighted by Crippen LogP contribution is -2.48. The van der Waals surface area contributed by atoms with E-state index in [0.717, 1.165) is 37.4 Å². The fourth-order valence-electron chi connectivity index (χ4n) is 4.30. The molecule has 0 saturated carbocycles. The Kier molecular flexibility index (Phi) is 6.57. The average molecular weight is 406 g/mol. The van der Waals surface area contributed by atoms with Crippen molar-refractivity contribution in [2.45, 2.75) is 25.7 Å². The molecule has 0 aromatic heterocycles. The first kappa shape index (κ1) is 20.3. The molecular weight excluding hydrogens is 374 g/mol. The molecular formula is C25H31N3O2. The summed E-state index contributed by atoms with van der Waals surface area (Å²) in [4.78, 5) is 19.1. The standard InChI is InChI=1S/C25H31N3O2/c29-24-8-4-3-7-23(24)27-17-19-28(20-18-27)25(30)14-11-21-9-12-22(13-10-21)26-15-5-1-2-6-16-26/h3-4,7-14,29H,1-2,5-6,15-20H2/b14-11+. The minimum Gasteiger partial charge on any atom is -0.506 e. The summed E-state index contributed by atoms with van der Waals surface area (Å²) >= 11 is 0. The van der Waals surface area contributed by atoms with Crippen LogP contribution in [0.4, 0.5) is 11.4 Å². The first-order chi connectivity index (χ1) is 14.7. The molecule has 158 valence electrons. The summed E-state index contributed by atoms with van der Waals surface area (Å²) in [5.41, 5.74) is 3.17. The molecule has 1 N–H and O–H groups in total. The molecule has 2 aromatic rings. The lowest BCUT2D eigenvalue weighted by atomic mass is 10.1. The van der Waals surface area contributed by atoms with Crippen molar-refractivity contribution in [3.63, 3.8) is 0 Å². The van der Waals surface area contributed by atoms with Crippen LogP contribution in [0.5, 0.6) is 5.75 Å². The highest BCUT2D eigenvalue weighted by molar-refractivity contribution is 5.92. The topological polar surface area (TPSA) is 47.0 Å². The van der Waals surface area contributed by atoms with Crippen molar-refractivity contribution < 1.29 is 9.90 Å². The third kappa shape index (κ3) is 4.96. The van der Waals surface area contributed by atoms with E-state index in [1.807, 2.05) is 29.2 Å². The van der Waals surface area contributed by atoms with E-state index in [-0.39, 0.29) is 5.91 Å². The molecule has 0 bridgehead atoms. The summed E-state index contributed by atoms with van der Waals surface area (Å²) in [6.07, 6.45) is 8.79. The van der Waals surface area contributed by atoms with Crippen LogP contribution in [0, 0.1) is 0 Å². The normalized spacial score (nSPS) is 17.9. The Morgan fingerprint density at radius 2 is 1.43 bits per heavy atom. The highest BCUT2D eigenvalue weighted by atomic mass is 16.3. The highest BCUT2D eigenvalue weighted by Gasteiger charge is 2.21. The second-order valence-corrected chi connectivity index (χ2v) is 8.13. The van der Waals surface area contributed by atoms with Gasteiger partial charge in [-0.05, 0) is 48.7 Å². The van der Waals surface area contributed by atoms with Crippen LogP contribution in [-0.2, 0) is 4.79 Å². The Morgan fingerprint density at radius 3 is 2.10 bits per heavy atom. The van der Waals surface area contributed by atoms with Crippen LogP contribution in [0.3, 0.4) is 0 Å². The smallest absolute Gasteiger partial charge is 0.246 e. The summed E-state index contributed by atoms with van der Waals surface area (Å²) in [6.45, 7) is 5.04. The number of anilines is 2. The number of amides is 1. The van der Waals surface area contributed by atoms with Crippen LogP contribution in [0.15, 0.2) is 54.6 Å². The number of carbonyl (C=O) groups is 1. The van der Waals surface area contributed by atoms with Crippen LogP contribution in [-0.4, -0.2) is 55.2 Å². The van der Waals surface area contributed by atoms with Crippen molar-refractivity contribution in [3.05, 3.63) is 60.2 Å². The number of nitrogens with zero attached hydrogens (tertiary/aromatic N) is 3. The van der Waals surface area contributed by atoms with Crippen LogP contribution in [0.25, 0.3) is 6.08 Å². The largest absolute Gasteiger partial charge is 0.506 e. The van der Waals surface area contributed by atoms with Gasteiger partial charge in [-0.2, -0.15) is 0 Å². The predicted molar refractivity (Wildman–Crippen MR) is 123 cm³/mol. The maximum absolute atomic E-state index is 12.6. The average Bonchev–Trinajstić information content (AvgIpc) is 3.08.